The topological polar surface area (TPSA) is 38.0 Å². The lowest BCUT2D eigenvalue weighted by atomic mass is 10.0. The highest BCUT2D eigenvalue weighted by Gasteiger charge is 2.17. The van der Waals surface area contributed by atoms with E-state index < -0.39 is 0 Å². The Kier molecular flexibility index (Phi) is 3.99. The molecule has 2 rings (SSSR count). The van der Waals surface area contributed by atoms with Crippen molar-refractivity contribution >= 4 is 27.3 Å². The average Bonchev–Trinajstić information content (AvgIpc) is 2.63. The van der Waals surface area contributed by atoms with Crippen LogP contribution in [-0.4, -0.2) is 0 Å². The zero-order chi connectivity index (χ0) is 12.4. The molecule has 2 aromatic rings. The van der Waals surface area contributed by atoms with Crippen LogP contribution in [0.25, 0.3) is 0 Å². The van der Waals surface area contributed by atoms with Crippen LogP contribution in [0.5, 0.6) is 0 Å². The summed E-state index contributed by atoms with van der Waals surface area (Å²) < 4.78 is 1.17. The molecule has 0 spiro atoms. The number of halogens is 1. The normalized spacial score (nSPS) is 12.7. The van der Waals surface area contributed by atoms with E-state index in [4.69, 9.17) is 5.84 Å². The number of hydrogen-bond donors (Lipinski definition) is 2. The van der Waals surface area contributed by atoms with E-state index >= 15 is 0 Å². The number of rotatable bonds is 3. The van der Waals surface area contributed by atoms with Gasteiger partial charge in [0.2, 0.25) is 0 Å². The van der Waals surface area contributed by atoms with Gasteiger partial charge in [0.05, 0.1) is 9.83 Å². The van der Waals surface area contributed by atoms with Crippen molar-refractivity contribution in [1.29, 1.82) is 0 Å². The molecule has 0 bridgehead atoms. The van der Waals surface area contributed by atoms with Crippen molar-refractivity contribution in [1.82, 2.24) is 5.43 Å². The molecule has 4 heteroatoms. The van der Waals surface area contributed by atoms with E-state index in [1.165, 1.54) is 25.4 Å². The summed E-state index contributed by atoms with van der Waals surface area (Å²) in [7, 11) is 0. The Morgan fingerprint density at radius 3 is 2.47 bits per heavy atom. The minimum Gasteiger partial charge on any atom is -0.271 e. The molecule has 1 aromatic carbocycles. The average molecular weight is 311 g/mol. The highest BCUT2D eigenvalue weighted by atomic mass is 79.9. The molecule has 0 aliphatic rings. The Balaban J connectivity index is 2.44. The molecule has 90 valence electrons. The van der Waals surface area contributed by atoms with Crippen molar-refractivity contribution in [3.63, 3.8) is 0 Å². The minimum atomic E-state index is 0.0613. The first-order valence-corrected chi connectivity index (χ1v) is 7.02. The largest absolute Gasteiger partial charge is 0.271 e. The smallest absolute Gasteiger partial charge is 0.0805 e. The van der Waals surface area contributed by atoms with Gasteiger partial charge in [-0.1, -0.05) is 24.3 Å². The number of aryl methyl sites for hydroxylation is 2. The van der Waals surface area contributed by atoms with E-state index in [1.54, 1.807) is 11.3 Å². The van der Waals surface area contributed by atoms with Crippen molar-refractivity contribution in [2.45, 2.75) is 19.9 Å². The van der Waals surface area contributed by atoms with Gasteiger partial charge in [-0.15, -0.1) is 11.3 Å². The van der Waals surface area contributed by atoms with Gasteiger partial charge in [-0.05, 0) is 52.5 Å². The van der Waals surface area contributed by atoms with Crippen LogP contribution in [-0.2, 0) is 0 Å². The minimum absolute atomic E-state index is 0.0613. The first-order valence-electron chi connectivity index (χ1n) is 5.41. The first-order chi connectivity index (χ1) is 8.13. The first kappa shape index (κ1) is 12.8. The third kappa shape index (κ3) is 2.60. The van der Waals surface area contributed by atoms with Crippen molar-refractivity contribution in [2.75, 3.05) is 0 Å². The van der Waals surface area contributed by atoms with Crippen LogP contribution in [0.3, 0.4) is 0 Å². The van der Waals surface area contributed by atoms with E-state index in [1.807, 2.05) is 12.1 Å². The quantitative estimate of drug-likeness (QED) is 0.670. The third-order valence-electron chi connectivity index (χ3n) is 2.83. The summed E-state index contributed by atoms with van der Waals surface area (Å²) in [5.74, 6) is 5.71. The van der Waals surface area contributed by atoms with Crippen molar-refractivity contribution in [3.05, 3.63) is 55.7 Å². The maximum Gasteiger partial charge on any atom is 0.0805 e. The van der Waals surface area contributed by atoms with Crippen molar-refractivity contribution < 1.29 is 0 Å². The van der Waals surface area contributed by atoms with E-state index in [9.17, 15) is 0 Å². The predicted molar refractivity (Wildman–Crippen MR) is 77.1 cm³/mol. The lowest BCUT2D eigenvalue weighted by Gasteiger charge is -2.16. The van der Waals surface area contributed by atoms with Gasteiger partial charge in [0, 0.05) is 4.88 Å². The second-order valence-corrected chi connectivity index (χ2v) is 6.46. The summed E-state index contributed by atoms with van der Waals surface area (Å²) >= 11 is 5.28. The maximum absolute atomic E-state index is 5.71. The van der Waals surface area contributed by atoms with Crippen LogP contribution < -0.4 is 11.3 Å². The van der Waals surface area contributed by atoms with Gasteiger partial charge in [0.1, 0.15) is 0 Å². The number of benzene rings is 1. The van der Waals surface area contributed by atoms with Crippen LogP contribution >= 0.6 is 27.3 Å². The zero-order valence-electron chi connectivity index (χ0n) is 9.83. The van der Waals surface area contributed by atoms with Crippen LogP contribution in [0.4, 0.5) is 0 Å². The lowest BCUT2D eigenvalue weighted by Crippen LogP contribution is -2.28. The fourth-order valence-electron chi connectivity index (χ4n) is 1.86. The summed E-state index contributed by atoms with van der Waals surface area (Å²) in [6.45, 7) is 4.20. The second kappa shape index (κ2) is 5.31. The van der Waals surface area contributed by atoms with E-state index in [2.05, 4.69) is 53.4 Å². The third-order valence-corrected chi connectivity index (χ3v) is 5.03. The number of hydrazine groups is 1. The summed E-state index contributed by atoms with van der Waals surface area (Å²) in [6, 6.07) is 10.5. The number of nitrogens with one attached hydrogen (secondary N) is 1. The number of thiophene rings is 1. The Hall–Kier alpha value is -0.680. The SMILES string of the molecule is Cc1ccccc1C(NN)c1cc(C)c(Br)s1. The van der Waals surface area contributed by atoms with Crippen molar-refractivity contribution in [2.24, 2.45) is 5.84 Å². The molecule has 0 saturated carbocycles. The molecule has 0 aliphatic carbocycles. The van der Waals surface area contributed by atoms with E-state index in [0.717, 1.165) is 0 Å². The van der Waals surface area contributed by atoms with Crippen molar-refractivity contribution in [3.8, 4) is 0 Å². The molecule has 1 atom stereocenters. The zero-order valence-corrected chi connectivity index (χ0v) is 12.2. The highest BCUT2D eigenvalue weighted by Crippen LogP contribution is 2.34. The van der Waals surface area contributed by atoms with Gasteiger partial charge < -0.3 is 0 Å². The molecule has 2 nitrogen and oxygen atoms in total. The molecule has 0 fully saturated rings. The van der Waals surface area contributed by atoms with Gasteiger partial charge in [0.15, 0.2) is 0 Å². The fourth-order valence-corrected chi connectivity index (χ4v) is 3.51. The van der Waals surface area contributed by atoms with Crippen LogP contribution in [0.1, 0.15) is 27.6 Å². The van der Waals surface area contributed by atoms with Gasteiger partial charge in [-0.3, -0.25) is 5.84 Å². The maximum atomic E-state index is 5.71. The van der Waals surface area contributed by atoms with Crippen LogP contribution in [0.15, 0.2) is 34.1 Å². The fraction of sp³-hybridized carbons (Fsp3) is 0.231. The summed E-state index contributed by atoms with van der Waals surface area (Å²) in [4.78, 5) is 1.23. The Morgan fingerprint density at radius 1 is 1.24 bits per heavy atom. The lowest BCUT2D eigenvalue weighted by molar-refractivity contribution is 0.643. The monoisotopic (exact) mass is 310 g/mol. The van der Waals surface area contributed by atoms with E-state index in [0.29, 0.717) is 0 Å². The summed E-state index contributed by atoms with van der Waals surface area (Å²) in [6.07, 6.45) is 0. The molecule has 0 saturated heterocycles. The molecule has 0 amide bonds. The van der Waals surface area contributed by atoms with Gasteiger partial charge in [-0.25, -0.2) is 5.43 Å². The summed E-state index contributed by atoms with van der Waals surface area (Å²) in [5.41, 5.74) is 6.63. The molecular weight excluding hydrogens is 296 g/mol. The molecule has 1 unspecified atom stereocenters. The predicted octanol–water partition coefficient (Wildman–Crippen LogP) is 3.68. The molecule has 3 N–H and O–H groups in total. The van der Waals surface area contributed by atoms with E-state index in [-0.39, 0.29) is 6.04 Å². The van der Waals surface area contributed by atoms with Gasteiger partial charge in [0.25, 0.3) is 0 Å². The summed E-state index contributed by atoms with van der Waals surface area (Å²) in [5, 5.41) is 0. The Bertz CT molecular complexity index is 502. The molecule has 1 heterocycles. The van der Waals surface area contributed by atoms with Crippen LogP contribution in [0, 0.1) is 13.8 Å². The molecule has 0 aliphatic heterocycles. The standard InChI is InChI=1S/C13H15BrN2S/c1-8-5-3-4-6-10(8)12(16-15)11-7-9(2)13(14)17-11/h3-7,12,16H,15H2,1-2H3. The number of hydrogen-bond acceptors (Lipinski definition) is 3. The highest BCUT2D eigenvalue weighted by molar-refractivity contribution is 9.11. The van der Waals surface area contributed by atoms with Gasteiger partial charge >= 0.3 is 0 Å². The second-order valence-electron chi connectivity index (χ2n) is 4.06. The Labute approximate surface area is 114 Å². The molecule has 0 radical (unpaired) electrons. The molecule has 17 heavy (non-hydrogen) atoms. The number of nitrogens with two attached hydrogens (primary N) is 1. The molecule has 1 aromatic heterocycles. The Morgan fingerprint density at radius 2 is 1.94 bits per heavy atom. The molecular formula is C13H15BrN2S. The van der Waals surface area contributed by atoms with Crippen LogP contribution in [0.2, 0.25) is 0 Å². The van der Waals surface area contributed by atoms with Gasteiger partial charge in [-0.2, -0.15) is 0 Å².